The van der Waals surface area contributed by atoms with Crippen molar-refractivity contribution in [2.75, 3.05) is 38.7 Å². The first-order valence-corrected chi connectivity index (χ1v) is 19.6. The lowest BCUT2D eigenvalue weighted by Crippen LogP contribution is -2.52. The number of hydrogen-bond donors (Lipinski definition) is 3. The Morgan fingerprint density at radius 1 is 1.20 bits per heavy atom. The number of aliphatic hydroxyl groups excluding tert-OH is 1. The number of aromatic nitrogens is 1. The van der Waals surface area contributed by atoms with Crippen LogP contribution in [0.15, 0.2) is 41.3 Å². The quantitative estimate of drug-likeness (QED) is 0.209. The summed E-state index contributed by atoms with van der Waals surface area (Å²) in [6.45, 7) is 2.38. The van der Waals surface area contributed by atoms with Gasteiger partial charge in [-0.25, -0.2) is 27.0 Å². The molecule has 4 aliphatic rings. The number of sulfonamides is 1. The van der Waals surface area contributed by atoms with Crippen molar-refractivity contribution in [3.05, 3.63) is 47.8 Å². The van der Waals surface area contributed by atoms with Crippen molar-refractivity contribution >= 4 is 42.8 Å². The summed E-state index contributed by atoms with van der Waals surface area (Å²) in [7, 11) is -3.02. The van der Waals surface area contributed by atoms with Gasteiger partial charge in [-0.1, -0.05) is 17.4 Å². The molecule has 2 saturated heterocycles. The number of rotatable bonds is 14. The van der Waals surface area contributed by atoms with E-state index < -0.39 is 58.9 Å². The number of hydrogen-bond acceptors (Lipinski definition) is 11. The molecule has 1 aromatic heterocycles. The standard InChI is InChI=1S/C35H44F2N4O8S2/c1-35(2,37)18-41(51(44,45)22-7-8-25-30(15-22)50-33(39-25)38-21-5-6-21)16-27(42)26(13-19-4-9-28(46-3)24(36)12-19)40-34(43)49-29-14-20-17-48-32-31(20)23(29)10-11-47-32/h4,7-9,12,15,20-21,23,26-27,29,31-32,42H,5-6,10-11,13-14,16-18H2,1-3H3,(H,38,39)(H,40,43)/t20?,23?,26-,27+,29+,31-,32-/m0/s1. The highest BCUT2D eigenvalue weighted by Gasteiger charge is 2.55. The number of aliphatic hydroxyl groups is 1. The van der Waals surface area contributed by atoms with Crippen molar-refractivity contribution in [2.45, 2.75) is 87.1 Å². The van der Waals surface area contributed by atoms with Gasteiger partial charge >= 0.3 is 6.09 Å². The first-order valence-electron chi connectivity index (χ1n) is 17.3. The molecule has 2 aliphatic heterocycles. The van der Waals surface area contributed by atoms with Crippen molar-refractivity contribution < 1.29 is 46.0 Å². The molecule has 7 rings (SSSR count). The van der Waals surface area contributed by atoms with Gasteiger partial charge in [0.25, 0.3) is 0 Å². The van der Waals surface area contributed by atoms with E-state index in [1.165, 1.54) is 56.6 Å². The van der Waals surface area contributed by atoms with Crippen LogP contribution in [-0.2, 0) is 30.7 Å². The van der Waals surface area contributed by atoms with Gasteiger partial charge in [-0.2, -0.15) is 4.31 Å². The van der Waals surface area contributed by atoms with E-state index >= 15 is 4.39 Å². The zero-order chi connectivity index (χ0) is 36.1. The first-order chi connectivity index (χ1) is 24.3. The summed E-state index contributed by atoms with van der Waals surface area (Å²) < 4.78 is 82.3. The normalized spacial score (nSPS) is 25.8. The molecule has 3 heterocycles. The minimum Gasteiger partial charge on any atom is -0.494 e. The molecule has 4 fully saturated rings. The molecule has 7 atom stereocenters. The van der Waals surface area contributed by atoms with Crippen LogP contribution in [0, 0.1) is 23.6 Å². The third kappa shape index (κ3) is 8.10. The number of halogens is 2. The van der Waals surface area contributed by atoms with Gasteiger partial charge in [0, 0.05) is 31.0 Å². The Hall–Kier alpha value is -3.15. The average molecular weight is 751 g/mol. The number of amides is 1. The molecule has 3 N–H and O–H groups in total. The minimum absolute atomic E-state index is 0.0181. The van der Waals surface area contributed by atoms with Gasteiger partial charge in [0.05, 0.1) is 47.6 Å². The third-order valence-electron chi connectivity index (χ3n) is 10.1. The molecule has 12 nitrogen and oxygen atoms in total. The number of fused-ring (bicyclic) bond motifs is 1. The summed E-state index contributed by atoms with van der Waals surface area (Å²) in [5.41, 5.74) is -0.942. The van der Waals surface area contributed by atoms with Crippen LogP contribution < -0.4 is 15.4 Å². The summed E-state index contributed by atoms with van der Waals surface area (Å²) in [6, 6.07) is 7.99. The van der Waals surface area contributed by atoms with Crippen molar-refractivity contribution in [1.29, 1.82) is 0 Å². The van der Waals surface area contributed by atoms with Gasteiger partial charge in [-0.3, -0.25) is 0 Å². The predicted octanol–water partition coefficient (Wildman–Crippen LogP) is 4.85. The summed E-state index contributed by atoms with van der Waals surface area (Å²) in [4.78, 5) is 17.9. The minimum atomic E-state index is -4.36. The van der Waals surface area contributed by atoms with Crippen LogP contribution in [0.2, 0.25) is 0 Å². The van der Waals surface area contributed by atoms with Crippen LogP contribution in [0.5, 0.6) is 5.75 Å². The van der Waals surface area contributed by atoms with Crippen LogP contribution >= 0.6 is 11.3 Å². The Labute approximate surface area is 299 Å². The van der Waals surface area contributed by atoms with E-state index in [4.69, 9.17) is 18.9 Å². The molecule has 3 aromatic rings. The zero-order valence-electron chi connectivity index (χ0n) is 28.7. The van der Waals surface area contributed by atoms with E-state index in [-0.39, 0.29) is 41.1 Å². The van der Waals surface area contributed by atoms with Crippen LogP contribution in [0.4, 0.5) is 18.7 Å². The lowest BCUT2D eigenvalue weighted by Gasteiger charge is -2.33. The molecular formula is C35H44F2N4O8S2. The smallest absolute Gasteiger partial charge is 0.407 e. The summed E-state index contributed by atoms with van der Waals surface area (Å²) in [5, 5.41) is 18.4. The predicted molar refractivity (Wildman–Crippen MR) is 185 cm³/mol. The number of alkyl halides is 1. The summed E-state index contributed by atoms with van der Waals surface area (Å²) in [5.74, 6) is -0.227. The Kier molecular flexibility index (Phi) is 10.2. The van der Waals surface area contributed by atoms with E-state index in [2.05, 4.69) is 15.6 Å². The maximum atomic E-state index is 15.3. The molecule has 0 spiro atoms. The Morgan fingerprint density at radius 3 is 2.73 bits per heavy atom. The van der Waals surface area contributed by atoms with E-state index in [0.717, 1.165) is 17.1 Å². The Morgan fingerprint density at radius 2 is 2.00 bits per heavy atom. The number of carbonyl (C=O) groups excluding carboxylic acids is 1. The number of benzene rings is 2. The fraction of sp³-hybridized carbons (Fsp3) is 0.600. The summed E-state index contributed by atoms with van der Waals surface area (Å²) in [6.07, 6.45) is 0.302. The number of alkyl carbamates (subject to hydrolysis) is 1. The number of carbonyl (C=O) groups is 1. The van der Waals surface area contributed by atoms with Gasteiger partial charge in [0.1, 0.15) is 11.8 Å². The monoisotopic (exact) mass is 750 g/mol. The average Bonchev–Trinajstić information content (AvgIpc) is 3.48. The first kappa shape index (κ1) is 36.2. The topological polar surface area (TPSA) is 149 Å². The van der Waals surface area contributed by atoms with E-state index in [1.807, 2.05) is 0 Å². The number of nitrogens with one attached hydrogen (secondary N) is 2. The Bertz CT molecular complexity index is 1850. The zero-order valence-corrected chi connectivity index (χ0v) is 30.4. The third-order valence-corrected chi connectivity index (χ3v) is 12.9. The maximum absolute atomic E-state index is 15.3. The molecule has 0 bridgehead atoms. The largest absolute Gasteiger partial charge is 0.494 e. The van der Waals surface area contributed by atoms with Gasteiger partial charge < -0.3 is 34.7 Å². The molecule has 2 saturated carbocycles. The Balaban J connectivity index is 1.12. The SMILES string of the molecule is COc1ccc(C[C@H](NC(=O)O[C@@H]2CC3CO[C@@H]4OCCC2[C@H]34)[C@H](O)CN(CC(C)(C)F)S(=O)(=O)c2ccc3nc(NC4CC4)sc3c2)cc1F. The molecule has 0 radical (unpaired) electrons. The van der Waals surface area contributed by atoms with Crippen LogP contribution in [0.3, 0.4) is 0 Å². The van der Waals surface area contributed by atoms with Crippen LogP contribution in [0.1, 0.15) is 45.1 Å². The number of thiazole rings is 1. The molecule has 1 amide bonds. The number of nitrogens with zero attached hydrogens (tertiary/aromatic N) is 2. The van der Waals surface area contributed by atoms with Crippen molar-refractivity contribution in [3.63, 3.8) is 0 Å². The molecule has 16 heteroatoms. The van der Waals surface area contributed by atoms with E-state index in [9.17, 15) is 22.7 Å². The molecule has 278 valence electrons. The lowest BCUT2D eigenvalue weighted by atomic mass is 9.87. The van der Waals surface area contributed by atoms with Crippen molar-refractivity contribution in [2.24, 2.45) is 17.8 Å². The van der Waals surface area contributed by atoms with E-state index in [1.54, 1.807) is 12.1 Å². The van der Waals surface area contributed by atoms with Gasteiger partial charge in [-0.05, 0) is 87.8 Å². The second-order valence-electron chi connectivity index (χ2n) is 14.6. The van der Waals surface area contributed by atoms with Crippen molar-refractivity contribution in [1.82, 2.24) is 14.6 Å². The van der Waals surface area contributed by atoms with E-state index in [0.29, 0.717) is 53.0 Å². The molecule has 2 aliphatic carbocycles. The fourth-order valence-electron chi connectivity index (χ4n) is 7.53. The van der Waals surface area contributed by atoms with Gasteiger partial charge in [0.2, 0.25) is 10.0 Å². The van der Waals surface area contributed by atoms with Crippen molar-refractivity contribution in [3.8, 4) is 5.75 Å². The molecule has 2 unspecified atom stereocenters. The number of anilines is 1. The maximum Gasteiger partial charge on any atom is 0.407 e. The number of ether oxygens (including phenoxy) is 4. The molecular weight excluding hydrogens is 707 g/mol. The highest BCUT2D eigenvalue weighted by Crippen LogP contribution is 2.50. The fourth-order valence-corrected chi connectivity index (χ4v) is 10.2. The second kappa shape index (κ2) is 14.3. The van der Waals surface area contributed by atoms with Gasteiger partial charge in [0.15, 0.2) is 23.0 Å². The van der Waals surface area contributed by atoms with Gasteiger partial charge in [-0.15, -0.1) is 0 Å². The van der Waals surface area contributed by atoms with Crippen LogP contribution in [-0.4, -0.2) is 98.6 Å². The molecule has 2 aromatic carbocycles. The second-order valence-corrected chi connectivity index (χ2v) is 17.6. The highest BCUT2D eigenvalue weighted by atomic mass is 32.2. The lowest BCUT2D eigenvalue weighted by molar-refractivity contribution is -0.173. The number of methoxy groups -OCH3 is 1. The summed E-state index contributed by atoms with van der Waals surface area (Å²) >= 11 is 1.33. The molecule has 51 heavy (non-hydrogen) atoms. The van der Waals surface area contributed by atoms with Crippen LogP contribution in [0.25, 0.3) is 10.2 Å². The highest BCUT2D eigenvalue weighted by molar-refractivity contribution is 7.89.